The number of hydrogen-bond donors (Lipinski definition) is 0. The average molecular weight is 247 g/mol. The van der Waals surface area contributed by atoms with Gasteiger partial charge in [0.1, 0.15) is 0 Å². The second kappa shape index (κ2) is 5.83. The van der Waals surface area contributed by atoms with Gasteiger partial charge in [0.25, 0.3) is 0 Å². The first-order chi connectivity index (χ1) is 8.60. The molecule has 2 rings (SSSR count). The van der Waals surface area contributed by atoms with Gasteiger partial charge in [-0.25, -0.2) is 0 Å². The third kappa shape index (κ3) is 3.11. The average Bonchev–Trinajstić information content (AvgIpc) is 2.37. The Morgan fingerprint density at radius 2 is 2.22 bits per heavy atom. The second-order valence-electron chi connectivity index (χ2n) is 5.78. The summed E-state index contributed by atoms with van der Waals surface area (Å²) in [5.74, 6) is 1.58. The second-order valence-corrected chi connectivity index (χ2v) is 5.78. The van der Waals surface area contributed by atoms with Gasteiger partial charge in [-0.2, -0.15) is 0 Å². The molecule has 1 saturated heterocycles. The number of hydrogen-bond acceptors (Lipinski definition) is 2. The number of rotatable bonds is 3. The van der Waals surface area contributed by atoms with E-state index in [1.54, 1.807) is 0 Å². The van der Waals surface area contributed by atoms with Gasteiger partial charge in [0.15, 0.2) is 0 Å². The van der Waals surface area contributed by atoms with Crippen molar-refractivity contribution in [1.29, 1.82) is 0 Å². The van der Waals surface area contributed by atoms with Crippen LogP contribution in [0.2, 0.25) is 0 Å². The molecule has 0 N–H and O–H groups in total. The molecular formula is C16H25NO. The zero-order chi connectivity index (χ0) is 13.1. The maximum atomic E-state index is 6.12. The van der Waals surface area contributed by atoms with Crippen molar-refractivity contribution in [2.75, 3.05) is 0 Å². The lowest BCUT2D eigenvalue weighted by atomic mass is 9.80. The standard InChI is InChI=1S/C16H25NO/c1-5-11(2)15-9-13(4)18-16(10-15)14-6-7-17-12(3)8-14/h6-8,11,13,15-16H,5,9-10H2,1-4H3. The fraction of sp³-hybridized carbons (Fsp3) is 0.688. The van der Waals surface area contributed by atoms with Crippen LogP contribution in [0.5, 0.6) is 0 Å². The highest BCUT2D eigenvalue weighted by Crippen LogP contribution is 2.39. The Labute approximate surface area is 111 Å². The molecule has 100 valence electrons. The van der Waals surface area contributed by atoms with Crippen LogP contribution in [-0.4, -0.2) is 11.1 Å². The van der Waals surface area contributed by atoms with Gasteiger partial charge < -0.3 is 4.74 Å². The van der Waals surface area contributed by atoms with E-state index in [4.69, 9.17) is 4.74 Å². The molecule has 2 heteroatoms. The van der Waals surface area contributed by atoms with Gasteiger partial charge >= 0.3 is 0 Å². The van der Waals surface area contributed by atoms with Crippen LogP contribution in [0.4, 0.5) is 0 Å². The predicted molar refractivity (Wildman–Crippen MR) is 74.4 cm³/mol. The molecule has 0 spiro atoms. The summed E-state index contributed by atoms with van der Waals surface area (Å²) >= 11 is 0. The molecule has 4 unspecified atom stereocenters. The van der Waals surface area contributed by atoms with Crippen LogP contribution in [0, 0.1) is 18.8 Å². The quantitative estimate of drug-likeness (QED) is 0.794. The molecule has 1 aromatic heterocycles. The Morgan fingerprint density at radius 3 is 2.89 bits per heavy atom. The maximum Gasteiger partial charge on any atom is 0.0832 e. The molecule has 0 saturated carbocycles. The number of aromatic nitrogens is 1. The highest BCUT2D eigenvalue weighted by atomic mass is 16.5. The van der Waals surface area contributed by atoms with Crippen molar-refractivity contribution in [3.63, 3.8) is 0 Å². The molecule has 1 aliphatic heterocycles. The number of aryl methyl sites for hydroxylation is 1. The van der Waals surface area contributed by atoms with Crippen molar-refractivity contribution in [3.8, 4) is 0 Å². The zero-order valence-corrected chi connectivity index (χ0v) is 12.0. The summed E-state index contributed by atoms with van der Waals surface area (Å²) in [6.45, 7) is 8.91. The fourth-order valence-electron chi connectivity index (χ4n) is 2.97. The summed E-state index contributed by atoms with van der Waals surface area (Å²) in [6.07, 6.45) is 6.15. The third-order valence-corrected chi connectivity index (χ3v) is 4.29. The number of ether oxygens (including phenoxy) is 1. The van der Waals surface area contributed by atoms with Crippen LogP contribution >= 0.6 is 0 Å². The third-order valence-electron chi connectivity index (χ3n) is 4.29. The highest BCUT2D eigenvalue weighted by Gasteiger charge is 2.30. The molecule has 2 nitrogen and oxygen atoms in total. The molecule has 1 aromatic rings. The van der Waals surface area contributed by atoms with Crippen LogP contribution in [0.3, 0.4) is 0 Å². The summed E-state index contributed by atoms with van der Waals surface area (Å²) in [5, 5.41) is 0. The van der Waals surface area contributed by atoms with Crippen LogP contribution in [-0.2, 0) is 4.74 Å². The minimum Gasteiger partial charge on any atom is -0.371 e. The fourth-order valence-corrected chi connectivity index (χ4v) is 2.97. The minimum absolute atomic E-state index is 0.259. The smallest absolute Gasteiger partial charge is 0.0832 e. The van der Waals surface area contributed by atoms with Crippen molar-refractivity contribution < 1.29 is 4.74 Å². The minimum atomic E-state index is 0.259. The van der Waals surface area contributed by atoms with Gasteiger partial charge in [0.2, 0.25) is 0 Å². The lowest BCUT2D eigenvalue weighted by Crippen LogP contribution is -2.29. The van der Waals surface area contributed by atoms with E-state index in [-0.39, 0.29) is 6.10 Å². The lowest BCUT2D eigenvalue weighted by molar-refractivity contribution is -0.0736. The van der Waals surface area contributed by atoms with Crippen LogP contribution in [0.15, 0.2) is 18.3 Å². The topological polar surface area (TPSA) is 22.1 Å². The van der Waals surface area contributed by atoms with E-state index in [9.17, 15) is 0 Å². The van der Waals surface area contributed by atoms with Crippen LogP contribution in [0.25, 0.3) is 0 Å². The molecule has 1 fully saturated rings. The molecule has 0 bridgehead atoms. The molecule has 18 heavy (non-hydrogen) atoms. The van der Waals surface area contributed by atoms with Gasteiger partial charge in [-0.05, 0) is 56.2 Å². The van der Waals surface area contributed by atoms with Gasteiger partial charge in [-0.1, -0.05) is 20.3 Å². The predicted octanol–water partition coefficient (Wildman–Crippen LogP) is 4.29. The van der Waals surface area contributed by atoms with Gasteiger partial charge in [-0.15, -0.1) is 0 Å². The Kier molecular flexibility index (Phi) is 4.39. The first-order valence-corrected chi connectivity index (χ1v) is 7.18. The molecule has 0 aromatic carbocycles. The molecule has 0 aliphatic carbocycles. The van der Waals surface area contributed by atoms with E-state index in [0.717, 1.165) is 24.0 Å². The summed E-state index contributed by atoms with van der Waals surface area (Å²) in [7, 11) is 0. The van der Waals surface area contributed by atoms with E-state index in [1.165, 1.54) is 18.4 Å². The van der Waals surface area contributed by atoms with Crippen molar-refractivity contribution in [2.24, 2.45) is 11.8 Å². The molecule has 1 aliphatic rings. The Hall–Kier alpha value is -0.890. The summed E-state index contributed by atoms with van der Waals surface area (Å²) in [6, 6.07) is 4.26. The summed E-state index contributed by atoms with van der Waals surface area (Å²) < 4.78 is 6.12. The van der Waals surface area contributed by atoms with Crippen LogP contribution in [0.1, 0.15) is 57.4 Å². The van der Waals surface area contributed by atoms with Gasteiger partial charge in [0, 0.05) is 11.9 Å². The molecule has 2 heterocycles. The van der Waals surface area contributed by atoms with E-state index in [2.05, 4.69) is 37.9 Å². The van der Waals surface area contributed by atoms with E-state index < -0.39 is 0 Å². The largest absolute Gasteiger partial charge is 0.371 e. The van der Waals surface area contributed by atoms with Crippen LogP contribution < -0.4 is 0 Å². The van der Waals surface area contributed by atoms with E-state index in [1.807, 2.05) is 13.1 Å². The van der Waals surface area contributed by atoms with Crippen molar-refractivity contribution >= 4 is 0 Å². The number of nitrogens with zero attached hydrogens (tertiary/aromatic N) is 1. The molecule has 4 atom stereocenters. The van der Waals surface area contributed by atoms with Crippen molar-refractivity contribution in [1.82, 2.24) is 4.98 Å². The lowest BCUT2D eigenvalue weighted by Gasteiger charge is -2.37. The van der Waals surface area contributed by atoms with Gasteiger partial charge in [0.05, 0.1) is 12.2 Å². The Morgan fingerprint density at radius 1 is 1.44 bits per heavy atom. The van der Waals surface area contributed by atoms with Crippen molar-refractivity contribution in [3.05, 3.63) is 29.6 Å². The summed E-state index contributed by atoms with van der Waals surface area (Å²) in [5.41, 5.74) is 2.37. The molecular weight excluding hydrogens is 222 g/mol. The maximum absolute atomic E-state index is 6.12. The van der Waals surface area contributed by atoms with Crippen molar-refractivity contribution in [2.45, 2.75) is 59.2 Å². The summed E-state index contributed by atoms with van der Waals surface area (Å²) in [4.78, 5) is 4.27. The van der Waals surface area contributed by atoms with Gasteiger partial charge in [-0.3, -0.25) is 4.98 Å². The van der Waals surface area contributed by atoms with E-state index in [0.29, 0.717) is 6.10 Å². The monoisotopic (exact) mass is 247 g/mol. The first kappa shape index (κ1) is 13.5. The van der Waals surface area contributed by atoms with E-state index >= 15 is 0 Å². The SMILES string of the molecule is CCC(C)C1CC(C)OC(c2ccnc(C)c2)C1. The Balaban J connectivity index is 2.13. The Bertz CT molecular complexity index is 390. The number of pyridine rings is 1. The molecule has 0 radical (unpaired) electrons. The highest BCUT2D eigenvalue weighted by molar-refractivity contribution is 5.18. The zero-order valence-electron chi connectivity index (χ0n) is 12.0. The normalized spacial score (nSPS) is 30.1. The molecule has 0 amide bonds. The first-order valence-electron chi connectivity index (χ1n) is 7.18.